The Morgan fingerprint density at radius 1 is 1.38 bits per heavy atom. The Bertz CT molecular complexity index is 424. The van der Waals surface area contributed by atoms with Crippen molar-refractivity contribution in [2.45, 2.75) is 19.4 Å². The molecule has 0 saturated carbocycles. The molecule has 1 saturated heterocycles. The molecule has 4 nitrogen and oxygen atoms in total. The summed E-state index contributed by atoms with van der Waals surface area (Å²) in [6.07, 6.45) is -0.416. The number of amides is 1. The molecule has 1 atom stereocenters. The van der Waals surface area contributed by atoms with E-state index in [-0.39, 0.29) is 11.7 Å². The van der Waals surface area contributed by atoms with Crippen molar-refractivity contribution < 1.29 is 14.7 Å². The zero-order chi connectivity index (χ0) is 11.7. The highest BCUT2D eigenvalue weighted by Gasteiger charge is 2.30. The highest BCUT2D eigenvalue weighted by molar-refractivity contribution is 5.99. The maximum atomic E-state index is 11.5. The van der Waals surface area contributed by atoms with Crippen molar-refractivity contribution in [2.24, 2.45) is 0 Å². The largest absolute Gasteiger partial charge is 0.383 e. The van der Waals surface area contributed by atoms with Crippen molar-refractivity contribution in [1.82, 2.24) is 0 Å². The van der Waals surface area contributed by atoms with Gasteiger partial charge in [-0.15, -0.1) is 0 Å². The summed E-state index contributed by atoms with van der Waals surface area (Å²) in [5.74, 6) is -0.269. The van der Waals surface area contributed by atoms with Gasteiger partial charge in [0.05, 0.1) is 0 Å². The van der Waals surface area contributed by atoms with E-state index < -0.39 is 6.10 Å². The first-order valence-electron chi connectivity index (χ1n) is 5.20. The summed E-state index contributed by atoms with van der Waals surface area (Å²) in [7, 11) is 0. The van der Waals surface area contributed by atoms with Crippen molar-refractivity contribution in [3.63, 3.8) is 0 Å². The lowest BCUT2D eigenvalue weighted by Gasteiger charge is -2.15. The van der Waals surface area contributed by atoms with Gasteiger partial charge in [0.15, 0.2) is 5.78 Å². The summed E-state index contributed by atoms with van der Waals surface area (Å²) in [6.45, 7) is 2.03. The second kappa shape index (κ2) is 4.06. The monoisotopic (exact) mass is 219 g/mol. The summed E-state index contributed by atoms with van der Waals surface area (Å²) in [6, 6.07) is 6.84. The van der Waals surface area contributed by atoms with E-state index in [1.807, 2.05) is 0 Å². The molecule has 1 aromatic carbocycles. The van der Waals surface area contributed by atoms with Gasteiger partial charge in [0.25, 0.3) is 5.91 Å². The Hall–Kier alpha value is -1.68. The first-order valence-corrected chi connectivity index (χ1v) is 5.20. The molecule has 84 valence electrons. The first kappa shape index (κ1) is 10.8. The van der Waals surface area contributed by atoms with Crippen molar-refractivity contribution >= 4 is 17.4 Å². The number of ketones is 1. The van der Waals surface area contributed by atoms with Crippen molar-refractivity contribution in [3.8, 4) is 0 Å². The van der Waals surface area contributed by atoms with E-state index in [9.17, 15) is 14.7 Å². The van der Waals surface area contributed by atoms with Crippen molar-refractivity contribution in [3.05, 3.63) is 29.8 Å². The van der Waals surface area contributed by atoms with Crippen LogP contribution in [0.25, 0.3) is 0 Å². The number of anilines is 1. The number of Topliss-reactive ketones (excluding diaryl/α,β-unsaturated/α-hetero) is 1. The second-order valence-electron chi connectivity index (χ2n) is 3.90. The van der Waals surface area contributed by atoms with E-state index in [2.05, 4.69) is 0 Å². The van der Waals surface area contributed by atoms with Crippen LogP contribution in [-0.4, -0.2) is 29.4 Å². The number of aliphatic hydroxyl groups excluding tert-OH is 1. The zero-order valence-electron chi connectivity index (χ0n) is 9.01. The van der Waals surface area contributed by atoms with E-state index in [4.69, 9.17) is 0 Å². The minimum absolute atomic E-state index is 0.000617. The molecule has 1 aliphatic heterocycles. The second-order valence-corrected chi connectivity index (χ2v) is 3.90. The van der Waals surface area contributed by atoms with Crippen LogP contribution >= 0.6 is 0 Å². The number of carbonyl (C=O) groups is 2. The van der Waals surface area contributed by atoms with Crippen LogP contribution in [0.4, 0.5) is 5.69 Å². The molecule has 4 heteroatoms. The third kappa shape index (κ3) is 1.84. The molecule has 1 aliphatic rings. The van der Waals surface area contributed by atoms with Gasteiger partial charge in [0, 0.05) is 24.2 Å². The number of nitrogens with zero attached hydrogens (tertiary/aromatic N) is 1. The lowest BCUT2D eigenvalue weighted by Crippen LogP contribution is -2.28. The normalized spacial score (nSPS) is 20.2. The third-order valence-corrected chi connectivity index (χ3v) is 2.76. The number of rotatable bonds is 2. The number of carbonyl (C=O) groups excluding carboxylic acids is 2. The molecular weight excluding hydrogens is 206 g/mol. The van der Waals surface area contributed by atoms with Crippen LogP contribution in [0.15, 0.2) is 24.3 Å². The fraction of sp³-hybridized carbons (Fsp3) is 0.333. The summed E-state index contributed by atoms with van der Waals surface area (Å²) >= 11 is 0. The minimum Gasteiger partial charge on any atom is -0.383 e. The predicted molar refractivity (Wildman–Crippen MR) is 59.4 cm³/mol. The van der Waals surface area contributed by atoms with Gasteiger partial charge in [-0.05, 0) is 31.2 Å². The van der Waals surface area contributed by atoms with E-state index in [0.717, 1.165) is 5.69 Å². The fourth-order valence-corrected chi connectivity index (χ4v) is 1.80. The Kier molecular flexibility index (Phi) is 2.75. The van der Waals surface area contributed by atoms with Gasteiger partial charge in [-0.25, -0.2) is 0 Å². The molecule has 16 heavy (non-hydrogen) atoms. The van der Waals surface area contributed by atoms with E-state index in [0.29, 0.717) is 18.5 Å². The maximum Gasteiger partial charge on any atom is 0.255 e. The van der Waals surface area contributed by atoms with Crippen molar-refractivity contribution in [2.75, 3.05) is 11.4 Å². The maximum absolute atomic E-state index is 11.5. The zero-order valence-corrected chi connectivity index (χ0v) is 9.01. The van der Waals surface area contributed by atoms with Crippen LogP contribution in [0.3, 0.4) is 0 Å². The fourth-order valence-electron chi connectivity index (χ4n) is 1.80. The van der Waals surface area contributed by atoms with Gasteiger partial charge < -0.3 is 10.0 Å². The molecule has 1 unspecified atom stereocenters. The van der Waals surface area contributed by atoms with Gasteiger partial charge >= 0.3 is 0 Å². The van der Waals surface area contributed by atoms with Crippen LogP contribution in [-0.2, 0) is 4.79 Å². The highest BCUT2D eigenvalue weighted by Crippen LogP contribution is 2.21. The minimum atomic E-state index is -0.882. The Morgan fingerprint density at radius 3 is 2.44 bits per heavy atom. The average Bonchev–Trinajstić information content (AvgIpc) is 2.60. The van der Waals surface area contributed by atoms with Crippen LogP contribution in [0.1, 0.15) is 23.7 Å². The van der Waals surface area contributed by atoms with Crippen LogP contribution < -0.4 is 4.90 Å². The summed E-state index contributed by atoms with van der Waals surface area (Å²) in [4.78, 5) is 24.1. The Morgan fingerprint density at radius 2 is 2.00 bits per heavy atom. The quantitative estimate of drug-likeness (QED) is 0.754. The first-order chi connectivity index (χ1) is 7.59. The standard InChI is InChI=1S/C12H13NO3/c1-8(14)9-2-4-10(5-3-9)13-7-6-11(15)12(13)16/h2-5,11,15H,6-7H2,1H3. The van der Waals surface area contributed by atoms with Gasteiger partial charge in [-0.2, -0.15) is 0 Å². The molecule has 0 aromatic heterocycles. The molecule has 0 spiro atoms. The Labute approximate surface area is 93.5 Å². The average molecular weight is 219 g/mol. The molecule has 0 radical (unpaired) electrons. The molecule has 1 heterocycles. The molecule has 1 aromatic rings. The lowest BCUT2D eigenvalue weighted by atomic mass is 10.1. The molecule has 1 N–H and O–H groups in total. The van der Waals surface area contributed by atoms with Crippen LogP contribution in [0, 0.1) is 0 Å². The smallest absolute Gasteiger partial charge is 0.255 e. The topological polar surface area (TPSA) is 57.6 Å². The molecule has 1 fully saturated rings. The highest BCUT2D eigenvalue weighted by atomic mass is 16.3. The number of hydrogen-bond donors (Lipinski definition) is 1. The van der Waals surface area contributed by atoms with Gasteiger partial charge in [-0.1, -0.05) is 0 Å². The number of hydrogen-bond acceptors (Lipinski definition) is 3. The lowest BCUT2D eigenvalue weighted by molar-refractivity contribution is -0.123. The third-order valence-electron chi connectivity index (χ3n) is 2.76. The Balaban J connectivity index is 2.22. The number of aliphatic hydroxyl groups is 1. The van der Waals surface area contributed by atoms with Gasteiger partial charge in [-0.3, -0.25) is 9.59 Å². The van der Waals surface area contributed by atoms with Crippen LogP contribution in [0.5, 0.6) is 0 Å². The van der Waals surface area contributed by atoms with E-state index in [1.165, 1.54) is 11.8 Å². The SMILES string of the molecule is CC(=O)c1ccc(N2CCC(O)C2=O)cc1. The van der Waals surface area contributed by atoms with Gasteiger partial charge in [0.2, 0.25) is 0 Å². The summed E-state index contributed by atoms with van der Waals surface area (Å²) in [5, 5.41) is 9.33. The van der Waals surface area contributed by atoms with Gasteiger partial charge in [0.1, 0.15) is 6.10 Å². The summed E-state index contributed by atoms with van der Waals surface area (Å²) in [5.41, 5.74) is 1.35. The summed E-state index contributed by atoms with van der Waals surface area (Å²) < 4.78 is 0. The van der Waals surface area contributed by atoms with E-state index in [1.54, 1.807) is 24.3 Å². The molecule has 0 bridgehead atoms. The predicted octanol–water partition coefficient (Wildman–Crippen LogP) is 0.987. The van der Waals surface area contributed by atoms with Crippen LogP contribution in [0.2, 0.25) is 0 Å². The molecule has 2 rings (SSSR count). The molecular formula is C12H13NO3. The number of benzene rings is 1. The van der Waals surface area contributed by atoms with Crippen molar-refractivity contribution in [1.29, 1.82) is 0 Å². The molecule has 0 aliphatic carbocycles. The van der Waals surface area contributed by atoms with E-state index >= 15 is 0 Å². The molecule has 1 amide bonds.